The summed E-state index contributed by atoms with van der Waals surface area (Å²) in [5.74, 6) is -7.80. The monoisotopic (exact) mass is 275 g/mol. The highest BCUT2D eigenvalue weighted by Gasteiger charge is 2.51. The van der Waals surface area contributed by atoms with E-state index in [1.165, 1.54) is 0 Å². The second kappa shape index (κ2) is 4.54. The summed E-state index contributed by atoms with van der Waals surface area (Å²) in [5, 5.41) is 0. The summed E-state index contributed by atoms with van der Waals surface area (Å²) < 4.78 is 86.4. The third kappa shape index (κ3) is 2.59. The lowest BCUT2D eigenvalue weighted by atomic mass is 10.0. The smallest absolute Gasteiger partial charge is 0.287 e. The summed E-state index contributed by atoms with van der Waals surface area (Å²) in [6, 6.07) is 0.259. The maximum Gasteiger partial charge on any atom is 0.417 e. The average Bonchev–Trinajstić information content (AvgIpc) is 2.26. The van der Waals surface area contributed by atoms with Gasteiger partial charge >= 0.3 is 18.5 Å². The number of alkyl halides is 7. The lowest BCUT2D eigenvalue weighted by Crippen LogP contribution is -2.37. The van der Waals surface area contributed by atoms with Crippen molar-refractivity contribution in [2.24, 2.45) is 0 Å². The summed E-state index contributed by atoms with van der Waals surface area (Å²) in [4.78, 5) is 14.1. The lowest BCUT2D eigenvalue weighted by Gasteiger charge is -2.16. The highest BCUT2D eigenvalue weighted by atomic mass is 19.4. The molecule has 0 atom stereocenters. The van der Waals surface area contributed by atoms with Crippen LogP contribution in [0.25, 0.3) is 0 Å². The second-order valence-electron chi connectivity index (χ2n) is 3.17. The zero-order chi connectivity index (χ0) is 14.1. The van der Waals surface area contributed by atoms with E-state index < -0.39 is 35.4 Å². The molecule has 0 saturated heterocycles. The Bertz CT molecular complexity index is 454. The summed E-state index contributed by atoms with van der Waals surface area (Å²) >= 11 is 0. The van der Waals surface area contributed by atoms with Crippen molar-refractivity contribution in [1.82, 2.24) is 4.98 Å². The first-order valence-electron chi connectivity index (χ1n) is 4.30. The van der Waals surface area contributed by atoms with Crippen LogP contribution < -0.4 is 0 Å². The molecule has 0 saturated carbocycles. The van der Waals surface area contributed by atoms with Crippen molar-refractivity contribution in [2.75, 3.05) is 0 Å². The van der Waals surface area contributed by atoms with E-state index >= 15 is 0 Å². The van der Waals surface area contributed by atoms with Crippen LogP contribution >= 0.6 is 0 Å². The van der Waals surface area contributed by atoms with Gasteiger partial charge in [-0.3, -0.25) is 9.78 Å². The minimum Gasteiger partial charge on any atom is -0.287 e. The van der Waals surface area contributed by atoms with Crippen LogP contribution in [0.4, 0.5) is 30.7 Å². The predicted octanol–water partition coefficient (Wildman–Crippen LogP) is 3.18. The molecule has 0 aliphatic heterocycles. The van der Waals surface area contributed by atoms with E-state index in [9.17, 15) is 35.5 Å². The molecule has 0 N–H and O–H groups in total. The van der Waals surface area contributed by atoms with Crippen molar-refractivity contribution in [3.8, 4) is 0 Å². The Morgan fingerprint density at radius 1 is 1.17 bits per heavy atom. The fraction of sp³-hybridized carbons (Fsp3) is 0.333. The van der Waals surface area contributed by atoms with Crippen molar-refractivity contribution >= 4 is 5.78 Å². The van der Waals surface area contributed by atoms with E-state index in [1.807, 2.05) is 0 Å². The number of halogens is 7. The number of carbonyl (C=O) groups excluding carboxylic acids is 1. The molecule has 0 unspecified atom stereocenters. The normalized spacial score (nSPS) is 12.9. The molecule has 1 rings (SSSR count). The molecule has 1 heterocycles. The summed E-state index contributed by atoms with van der Waals surface area (Å²) in [6.45, 7) is 0. The minimum absolute atomic E-state index is 0.182. The summed E-state index contributed by atoms with van der Waals surface area (Å²) in [7, 11) is 0. The van der Waals surface area contributed by atoms with Crippen LogP contribution in [-0.2, 0) is 6.18 Å². The van der Waals surface area contributed by atoms with Gasteiger partial charge in [-0.05, 0) is 6.07 Å². The number of aromatic nitrogens is 1. The number of hydrogen-bond donors (Lipinski definition) is 0. The number of hydrogen-bond acceptors (Lipinski definition) is 2. The van der Waals surface area contributed by atoms with Crippen LogP contribution in [0.5, 0.6) is 0 Å². The molecule has 0 spiro atoms. The molecule has 100 valence electrons. The fourth-order valence-electron chi connectivity index (χ4n) is 1.10. The molecule has 0 aliphatic carbocycles. The molecule has 1 aromatic rings. The lowest BCUT2D eigenvalue weighted by molar-refractivity contribution is -0.138. The summed E-state index contributed by atoms with van der Waals surface area (Å²) in [6.07, 6.45) is -8.72. The molecule has 9 heteroatoms. The SMILES string of the molecule is O=C(c1cnccc1C(F)(F)F)C(F)(F)C(F)F. The van der Waals surface area contributed by atoms with Gasteiger partial charge in [0.1, 0.15) is 0 Å². The Hall–Kier alpha value is -1.67. The van der Waals surface area contributed by atoms with E-state index in [2.05, 4.69) is 4.98 Å². The molecule has 0 amide bonds. The molecule has 18 heavy (non-hydrogen) atoms. The number of nitrogens with zero attached hydrogens (tertiary/aromatic N) is 1. The number of carbonyl (C=O) groups is 1. The van der Waals surface area contributed by atoms with Crippen LogP contribution in [0.1, 0.15) is 15.9 Å². The molecule has 0 fully saturated rings. The molecule has 0 aromatic carbocycles. The predicted molar refractivity (Wildman–Crippen MR) is 44.5 cm³/mol. The number of Topliss-reactive ketones (excluding diaryl/α,β-unsaturated/α-hetero) is 1. The standard InChI is InChI=1S/C9H4F7NO/c10-7(11)8(12,13)6(18)4-3-17-2-1-5(4)9(14,15)16/h1-3,7H. The van der Waals surface area contributed by atoms with Crippen molar-refractivity contribution in [3.63, 3.8) is 0 Å². The Morgan fingerprint density at radius 2 is 1.72 bits per heavy atom. The van der Waals surface area contributed by atoms with Gasteiger partial charge in [-0.1, -0.05) is 0 Å². The number of rotatable bonds is 3. The van der Waals surface area contributed by atoms with E-state index in [0.717, 1.165) is 0 Å². The van der Waals surface area contributed by atoms with E-state index in [0.29, 0.717) is 6.20 Å². The Labute approximate surface area is 95.4 Å². The maximum atomic E-state index is 12.7. The third-order valence-corrected chi connectivity index (χ3v) is 1.95. The Morgan fingerprint density at radius 3 is 2.17 bits per heavy atom. The summed E-state index contributed by atoms with van der Waals surface area (Å²) in [5.41, 5.74) is -3.32. The van der Waals surface area contributed by atoms with E-state index in [4.69, 9.17) is 0 Å². The topological polar surface area (TPSA) is 30.0 Å². The largest absolute Gasteiger partial charge is 0.417 e. The Kier molecular flexibility index (Phi) is 3.63. The third-order valence-electron chi connectivity index (χ3n) is 1.95. The van der Waals surface area contributed by atoms with Crippen molar-refractivity contribution in [3.05, 3.63) is 29.6 Å². The minimum atomic E-state index is -5.19. The van der Waals surface area contributed by atoms with Gasteiger partial charge in [0.05, 0.1) is 11.1 Å². The van der Waals surface area contributed by atoms with E-state index in [-0.39, 0.29) is 12.3 Å². The van der Waals surface area contributed by atoms with Crippen LogP contribution in [0.2, 0.25) is 0 Å². The molecule has 0 bridgehead atoms. The van der Waals surface area contributed by atoms with Crippen LogP contribution in [0.15, 0.2) is 18.5 Å². The first-order chi connectivity index (χ1) is 8.08. The highest BCUT2D eigenvalue weighted by Crippen LogP contribution is 2.35. The van der Waals surface area contributed by atoms with Crippen molar-refractivity contribution in [2.45, 2.75) is 18.5 Å². The molecular formula is C9H4F7NO. The number of pyridine rings is 1. The zero-order valence-electron chi connectivity index (χ0n) is 8.31. The van der Waals surface area contributed by atoms with Gasteiger partial charge in [0.2, 0.25) is 5.78 Å². The molecule has 2 nitrogen and oxygen atoms in total. The van der Waals surface area contributed by atoms with Gasteiger partial charge in [-0.25, -0.2) is 8.78 Å². The van der Waals surface area contributed by atoms with E-state index in [1.54, 1.807) is 0 Å². The highest BCUT2D eigenvalue weighted by molar-refractivity contribution is 6.02. The van der Waals surface area contributed by atoms with Gasteiger partial charge < -0.3 is 0 Å². The van der Waals surface area contributed by atoms with Crippen LogP contribution in [-0.4, -0.2) is 23.1 Å². The van der Waals surface area contributed by atoms with Gasteiger partial charge in [0.15, 0.2) is 0 Å². The molecule has 0 aliphatic rings. The van der Waals surface area contributed by atoms with Crippen LogP contribution in [0, 0.1) is 0 Å². The Balaban J connectivity index is 3.31. The fourth-order valence-corrected chi connectivity index (χ4v) is 1.10. The average molecular weight is 275 g/mol. The quantitative estimate of drug-likeness (QED) is 0.626. The second-order valence-corrected chi connectivity index (χ2v) is 3.17. The zero-order valence-corrected chi connectivity index (χ0v) is 8.31. The molecule has 0 radical (unpaired) electrons. The molecular weight excluding hydrogens is 271 g/mol. The van der Waals surface area contributed by atoms with Gasteiger partial charge in [0.25, 0.3) is 0 Å². The van der Waals surface area contributed by atoms with Gasteiger partial charge in [0, 0.05) is 12.4 Å². The van der Waals surface area contributed by atoms with Gasteiger partial charge in [-0.15, -0.1) is 0 Å². The maximum absolute atomic E-state index is 12.7. The van der Waals surface area contributed by atoms with Gasteiger partial charge in [-0.2, -0.15) is 22.0 Å². The van der Waals surface area contributed by atoms with Crippen LogP contribution in [0.3, 0.4) is 0 Å². The number of ketones is 1. The van der Waals surface area contributed by atoms with Crippen molar-refractivity contribution in [1.29, 1.82) is 0 Å². The molecule has 1 aromatic heterocycles. The first-order valence-corrected chi connectivity index (χ1v) is 4.30. The van der Waals surface area contributed by atoms with Crippen molar-refractivity contribution < 1.29 is 35.5 Å². The first kappa shape index (κ1) is 14.4.